The second-order valence-corrected chi connectivity index (χ2v) is 7.73. The molecular formula is C19H24O2. The Bertz CT molecular complexity index is 552. The first-order valence-electron chi connectivity index (χ1n) is 8.29. The predicted molar refractivity (Wildman–Crippen MR) is 82.7 cm³/mol. The molecule has 0 radical (unpaired) electrons. The lowest BCUT2D eigenvalue weighted by atomic mass is 9.48. The minimum absolute atomic E-state index is 0.0736. The van der Waals surface area contributed by atoms with Crippen LogP contribution in [-0.4, -0.2) is 12.9 Å². The van der Waals surface area contributed by atoms with Crippen LogP contribution in [0.1, 0.15) is 54.4 Å². The first-order chi connectivity index (χ1) is 10.1. The maximum Gasteiger partial charge on any atom is 0.172 e. The van der Waals surface area contributed by atoms with Crippen LogP contribution in [0.5, 0.6) is 5.75 Å². The topological polar surface area (TPSA) is 26.3 Å². The molecule has 2 heteroatoms. The van der Waals surface area contributed by atoms with E-state index in [1.54, 1.807) is 7.11 Å². The smallest absolute Gasteiger partial charge is 0.172 e. The van der Waals surface area contributed by atoms with E-state index >= 15 is 0 Å². The largest absolute Gasteiger partial charge is 0.496 e. The van der Waals surface area contributed by atoms with Crippen molar-refractivity contribution >= 4 is 5.78 Å². The van der Waals surface area contributed by atoms with Crippen molar-refractivity contribution in [3.8, 4) is 5.75 Å². The summed E-state index contributed by atoms with van der Waals surface area (Å²) in [6, 6.07) is 6.00. The summed E-state index contributed by atoms with van der Waals surface area (Å²) in [5.74, 6) is 3.52. The normalized spacial score (nSPS) is 36.8. The Morgan fingerprint density at radius 3 is 2.19 bits per heavy atom. The molecule has 0 N–H and O–H groups in total. The van der Waals surface area contributed by atoms with Gasteiger partial charge in [0.2, 0.25) is 0 Å². The fourth-order valence-electron chi connectivity index (χ4n) is 5.67. The first-order valence-corrected chi connectivity index (χ1v) is 8.29. The molecule has 1 aromatic carbocycles. The highest BCUT2D eigenvalue weighted by Gasteiger charge is 2.54. The van der Waals surface area contributed by atoms with E-state index < -0.39 is 0 Å². The molecule has 0 amide bonds. The zero-order chi connectivity index (χ0) is 14.6. The second-order valence-electron chi connectivity index (χ2n) is 7.73. The summed E-state index contributed by atoms with van der Waals surface area (Å²) < 4.78 is 5.46. The van der Waals surface area contributed by atoms with Crippen molar-refractivity contribution in [3.05, 3.63) is 29.3 Å². The summed E-state index contributed by atoms with van der Waals surface area (Å²) in [5, 5.41) is 0. The lowest BCUT2D eigenvalue weighted by Gasteiger charge is -2.56. The number of ether oxygens (including phenoxy) is 1. The number of ketones is 1. The van der Waals surface area contributed by atoms with Crippen molar-refractivity contribution in [2.45, 2.75) is 45.4 Å². The summed E-state index contributed by atoms with van der Waals surface area (Å²) in [4.78, 5) is 13.4. The van der Waals surface area contributed by atoms with E-state index in [9.17, 15) is 4.79 Å². The quantitative estimate of drug-likeness (QED) is 0.769. The molecule has 4 saturated carbocycles. The number of Topliss-reactive ketones (excluding diaryl/α,β-unsaturated/α-hetero) is 1. The van der Waals surface area contributed by atoms with Crippen molar-refractivity contribution in [1.82, 2.24) is 0 Å². The van der Waals surface area contributed by atoms with Gasteiger partial charge in [0.1, 0.15) is 5.75 Å². The lowest BCUT2D eigenvalue weighted by Crippen LogP contribution is -2.50. The van der Waals surface area contributed by atoms with Crippen molar-refractivity contribution in [2.75, 3.05) is 7.11 Å². The number of methoxy groups -OCH3 is 1. The van der Waals surface area contributed by atoms with Crippen LogP contribution in [0.2, 0.25) is 0 Å². The predicted octanol–water partition coefficient (Wildman–Crippen LogP) is 4.40. The third-order valence-corrected chi connectivity index (χ3v) is 6.12. The van der Waals surface area contributed by atoms with Gasteiger partial charge in [-0.2, -0.15) is 0 Å². The molecule has 21 heavy (non-hydrogen) atoms. The highest BCUT2D eigenvalue weighted by Crippen LogP contribution is 2.61. The van der Waals surface area contributed by atoms with Gasteiger partial charge in [-0.05, 0) is 75.3 Å². The van der Waals surface area contributed by atoms with Crippen molar-refractivity contribution in [2.24, 2.45) is 23.2 Å². The van der Waals surface area contributed by atoms with Gasteiger partial charge in [0.25, 0.3) is 0 Å². The molecule has 0 heterocycles. The third-order valence-electron chi connectivity index (χ3n) is 6.12. The minimum atomic E-state index is -0.0736. The van der Waals surface area contributed by atoms with Gasteiger partial charge in [0.05, 0.1) is 12.7 Å². The molecule has 5 rings (SSSR count). The van der Waals surface area contributed by atoms with Crippen LogP contribution in [0.3, 0.4) is 0 Å². The molecular weight excluding hydrogens is 260 g/mol. The van der Waals surface area contributed by atoms with Crippen LogP contribution in [0.15, 0.2) is 18.2 Å². The van der Waals surface area contributed by atoms with E-state index in [2.05, 4.69) is 6.92 Å². The molecule has 0 aromatic heterocycles. The Morgan fingerprint density at radius 2 is 1.67 bits per heavy atom. The highest BCUT2D eigenvalue weighted by atomic mass is 16.5. The summed E-state index contributed by atoms with van der Waals surface area (Å²) >= 11 is 0. The first kappa shape index (κ1) is 13.4. The molecule has 0 saturated heterocycles. The number of hydrogen-bond donors (Lipinski definition) is 0. The van der Waals surface area contributed by atoms with Gasteiger partial charge in [0, 0.05) is 5.41 Å². The summed E-state index contributed by atoms with van der Waals surface area (Å²) in [5.41, 5.74) is 1.89. The molecule has 0 atom stereocenters. The molecule has 4 bridgehead atoms. The molecule has 4 aliphatic carbocycles. The Kier molecular flexibility index (Phi) is 2.92. The second kappa shape index (κ2) is 4.59. The van der Waals surface area contributed by atoms with E-state index in [-0.39, 0.29) is 5.41 Å². The van der Waals surface area contributed by atoms with Crippen molar-refractivity contribution < 1.29 is 9.53 Å². The van der Waals surface area contributed by atoms with Crippen molar-refractivity contribution in [1.29, 1.82) is 0 Å². The van der Waals surface area contributed by atoms with E-state index in [0.717, 1.165) is 53.9 Å². The molecule has 4 fully saturated rings. The van der Waals surface area contributed by atoms with Crippen LogP contribution in [0.4, 0.5) is 0 Å². The van der Waals surface area contributed by atoms with Gasteiger partial charge in [-0.3, -0.25) is 4.79 Å². The van der Waals surface area contributed by atoms with Crippen LogP contribution >= 0.6 is 0 Å². The average molecular weight is 284 g/mol. The molecule has 0 spiro atoms. The average Bonchev–Trinajstić information content (AvgIpc) is 2.45. The molecule has 1 aromatic rings. The standard InChI is InChI=1S/C19H24O2/c1-12-3-4-17(21-2)16(5-12)18(20)19-9-13-6-14(10-19)8-15(7-13)11-19/h3-5,13-15H,6-11H2,1-2H3. The van der Waals surface area contributed by atoms with Crippen LogP contribution < -0.4 is 4.74 Å². The van der Waals surface area contributed by atoms with Crippen LogP contribution in [-0.2, 0) is 0 Å². The third kappa shape index (κ3) is 2.03. The van der Waals surface area contributed by atoms with Gasteiger partial charge < -0.3 is 4.74 Å². The molecule has 0 aliphatic heterocycles. The van der Waals surface area contributed by atoms with Crippen molar-refractivity contribution in [3.63, 3.8) is 0 Å². The SMILES string of the molecule is COc1ccc(C)cc1C(=O)C12CC3CC(CC(C3)C1)C2. The molecule has 0 unspecified atom stereocenters. The van der Waals surface area contributed by atoms with Crippen LogP contribution in [0.25, 0.3) is 0 Å². The fraction of sp³-hybridized carbons (Fsp3) is 0.632. The number of benzene rings is 1. The van der Waals surface area contributed by atoms with E-state index in [1.807, 2.05) is 18.2 Å². The molecule has 4 aliphatic rings. The molecule has 2 nitrogen and oxygen atoms in total. The fourth-order valence-corrected chi connectivity index (χ4v) is 5.67. The minimum Gasteiger partial charge on any atom is -0.496 e. The van der Waals surface area contributed by atoms with E-state index in [1.165, 1.54) is 19.3 Å². The number of aryl methyl sites for hydroxylation is 1. The van der Waals surface area contributed by atoms with E-state index in [0.29, 0.717) is 5.78 Å². The van der Waals surface area contributed by atoms with Crippen LogP contribution in [0, 0.1) is 30.1 Å². The summed E-state index contributed by atoms with van der Waals surface area (Å²) in [6.45, 7) is 2.05. The molecule has 112 valence electrons. The Balaban J connectivity index is 1.73. The Labute approximate surface area is 126 Å². The highest BCUT2D eigenvalue weighted by molar-refractivity contribution is 6.03. The lowest BCUT2D eigenvalue weighted by molar-refractivity contribution is -0.0354. The van der Waals surface area contributed by atoms with Gasteiger partial charge in [0.15, 0.2) is 5.78 Å². The Hall–Kier alpha value is -1.31. The zero-order valence-corrected chi connectivity index (χ0v) is 13.0. The van der Waals surface area contributed by atoms with Gasteiger partial charge >= 0.3 is 0 Å². The summed E-state index contributed by atoms with van der Waals surface area (Å²) in [7, 11) is 1.67. The zero-order valence-electron chi connectivity index (χ0n) is 13.0. The van der Waals surface area contributed by atoms with E-state index in [4.69, 9.17) is 4.74 Å². The summed E-state index contributed by atoms with van der Waals surface area (Å²) in [6.07, 6.45) is 7.48. The maximum absolute atomic E-state index is 13.4. The van der Waals surface area contributed by atoms with Gasteiger partial charge in [-0.1, -0.05) is 11.6 Å². The van der Waals surface area contributed by atoms with Gasteiger partial charge in [-0.15, -0.1) is 0 Å². The maximum atomic E-state index is 13.4. The number of carbonyl (C=O) groups is 1. The number of hydrogen-bond acceptors (Lipinski definition) is 2. The Morgan fingerprint density at radius 1 is 1.10 bits per heavy atom. The number of rotatable bonds is 3. The monoisotopic (exact) mass is 284 g/mol. The number of carbonyl (C=O) groups excluding carboxylic acids is 1. The van der Waals surface area contributed by atoms with Gasteiger partial charge in [-0.25, -0.2) is 0 Å².